The lowest BCUT2D eigenvalue weighted by atomic mass is 10.1. The van der Waals surface area contributed by atoms with Crippen LogP contribution in [-0.2, 0) is 28.6 Å². The fourth-order valence-electron chi connectivity index (χ4n) is 6.20. The van der Waals surface area contributed by atoms with Crippen LogP contribution in [0.25, 0.3) is 0 Å². The van der Waals surface area contributed by atoms with E-state index in [-0.39, 0.29) is 36.2 Å². The summed E-state index contributed by atoms with van der Waals surface area (Å²) in [6, 6.07) is -0.616. The Morgan fingerprint density at radius 1 is 0.558 bits per heavy atom. The second-order valence-corrected chi connectivity index (χ2v) is 15.6. The standard InChI is InChI=1S/C44H81NO7/c1-6-8-10-12-14-16-18-20-22-24-26-28-30-32-34-42(46)51-39-40(38-50-37-36-41(44(48)49)45(3,4)5)52-43(47)35-33-31-29-27-25-23-21-19-17-15-13-11-9-7-2/h22-25,40-41H,6-21,26-39H2,1-5H3/p+1/b24-22+,25-23+. The highest BCUT2D eigenvalue weighted by atomic mass is 16.6. The molecule has 0 rings (SSSR count). The van der Waals surface area contributed by atoms with E-state index in [0.29, 0.717) is 19.3 Å². The van der Waals surface area contributed by atoms with Crippen molar-refractivity contribution in [2.24, 2.45) is 0 Å². The van der Waals surface area contributed by atoms with E-state index in [1.165, 1.54) is 89.9 Å². The van der Waals surface area contributed by atoms with Gasteiger partial charge in [-0.25, -0.2) is 4.79 Å². The molecule has 0 aliphatic heterocycles. The van der Waals surface area contributed by atoms with Gasteiger partial charge in [0.1, 0.15) is 6.61 Å². The van der Waals surface area contributed by atoms with Crippen LogP contribution < -0.4 is 0 Å². The van der Waals surface area contributed by atoms with Gasteiger partial charge in [-0.05, 0) is 64.2 Å². The van der Waals surface area contributed by atoms with Crippen LogP contribution in [0.4, 0.5) is 0 Å². The van der Waals surface area contributed by atoms with Gasteiger partial charge in [0.15, 0.2) is 12.1 Å². The summed E-state index contributed by atoms with van der Waals surface area (Å²) in [6.45, 7) is 4.70. The summed E-state index contributed by atoms with van der Waals surface area (Å²) in [7, 11) is 5.52. The van der Waals surface area contributed by atoms with Gasteiger partial charge in [0.05, 0.1) is 34.4 Å². The Bertz CT molecular complexity index is 911. The molecular formula is C44H82NO7+. The largest absolute Gasteiger partial charge is 0.477 e. The average molecular weight is 737 g/mol. The lowest BCUT2D eigenvalue weighted by molar-refractivity contribution is -0.887. The molecule has 2 atom stereocenters. The Balaban J connectivity index is 4.41. The Kier molecular flexibility index (Phi) is 34.3. The lowest BCUT2D eigenvalue weighted by Crippen LogP contribution is -2.50. The fraction of sp³-hybridized carbons (Fsp3) is 0.841. The maximum absolute atomic E-state index is 12.7. The first kappa shape index (κ1) is 49.8. The van der Waals surface area contributed by atoms with Crippen molar-refractivity contribution in [2.75, 3.05) is 41.0 Å². The summed E-state index contributed by atoms with van der Waals surface area (Å²) in [5.74, 6) is -1.50. The number of carboxylic acid groups (broad SMARTS) is 1. The summed E-state index contributed by atoms with van der Waals surface area (Å²) in [6.07, 6.45) is 37.9. The maximum atomic E-state index is 12.7. The van der Waals surface area contributed by atoms with Crippen molar-refractivity contribution in [3.8, 4) is 0 Å². The summed E-state index contributed by atoms with van der Waals surface area (Å²) in [4.78, 5) is 36.9. The van der Waals surface area contributed by atoms with E-state index in [1.54, 1.807) is 0 Å². The average Bonchev–Trinajstić information content (AvgIpc) is 3.09. The molecule has 0 aliphatic rings. The zero-order valence-electron chi connectivity index (χ0n) is 34.5. The maximum Gasteiger partial charge on any atom is 0.362 e. The molecule has 0 heterocycles. The van der Waals surface area contributed by atoms with Crippen LogP contribution in [0.3, 0.4) is 0 Å². The molecular weight excluding hydrogens is 654 g/mol. The number of rotatable bonds is 38. The minimum absolute atomic E-state index is 0.0528. The van der Waals surface area contributed by atoms with Gasteiger partial charge >= 0.3 is 17.9 Å². The number of ether oxygens (including phenoxy) is 3. The highest BCUT2D eigenvalue weighted by Gasteiger charge is 2.31. The Morgan fingerprint density at radius 2 is 0.962 bits per heavy atom. The van der Waals surface area contributed by atoms with Crippen molar-refractivity contribution in [3.05, 3.63) is 24.3 Å². The Hall–Kier alpha value is -2.19. The number of carbonyl (C=O) groups excluding carboxylic acids is 2. The lowest BCUT2D eigenvalue weighted by Gasteiger charge is -2.31. The quantitative estimate of drug-likeness (QED) is 0.0291. The van der Waals surface area contributed by atoms with E-state index in [4.69, 9.17) is 14.2 Å². The van der Waals surface area contributed by atoms with Crippen molar-refractivity contribution < 1.29 is 38.2 Å². The first-order valence-corrected chi connectivity index (χ1v) is 21.4. The SMILES string of the molecule is CCCCCCCCC/C=C/CCCCCC(=O)OCC(COCCC(C(=O)O)[N+](C)(C)C)OC(=O)CCCCC/C=C/CCCCCCCCC. The van der Waals surface area contributed by atoms with E-state index in [9.17, 15) is 19.5 Å². The molecule has 0 spiro atoms. The van der Waals surface area contributed by atoms with Crippen LogP contribution in [0, 0.1) is 0 Å². The van der Waals surface area contributed by atoms with Crippen molar-refractivity contribution in [2.45, 2.75) is 199 Å². The monoisotopic (exact) mass is 737 g/mol. The minimum atomic E-state index is -0.879. The van der Waals surface area contributed by atoms with Crippen molar-refractivity contribution >= 4 is 17.9 Å². The van der Waals surface area contributed by atoms with Gasteiger partial charge in [-0.3, -0.25) is 9.59 Å². The first-order chi connectivity index (χ1) is 25.1. The Labute approximate surface area is 320 Å². The van der Waals surface area contributed by atoms with E-state index in [2.05, 4.69) is 38.2 Å². The third kappa shape index (κ3) is 33.6. The number of quaternary nitrogens is 1. The van der Waals surface area contributed by atoms with Crippen LogP contribution in [0.5, 0.6) is 0 Å². The number of carbonyl (C=O) groups is 3. The van der Waals surface area contributed by atoms with Crippen LogP contribution in [0.15, 0.2) is 24.3 Å². The second-order valence-electron chi connectivity index (χ2n) is 15.6. The molecule has 1 N–H and O–H groups in total. The molecule has 0 aromatic heterocycles. The highest BCUT2D eigenvalue weighted by Crippen LogP contribution is 2.13. The number of hydrogen-bond acceptors (Lipinski definition) is 6. The molecule has 0 saturated carbocycles. The van der Waals surface area contributed by atoms with E-state index in [1.807, 2.05) is 21.1 Å². The smallest absolute Gasteiger partial charge is 0.362 e. The topological polar surface area (TPSA) is 99.1 Å². The normalized spacial score (nSPS) is 13.2. The molecule has 0 radical (unpaired) electrons. The number of likely N-dealkylation sites (N-methyl/N-ethyl adjacent to an activating group) is 1. The van der Waals surface area contributed by atoms with Crippen molar-refractivity contribution in [1.29, 1.82) is 0 Å². The second kappa shape index (κ2) is 35.8. The number of aliphatic carboxylic acids is 1. The van der Waals surface area contributed by atoms with Crippen LogP contribution >= 0.6 is 0 Å². The first-order valence-electron chi connectivity index (χ1n) is 21.4. The number of allylic oxidation sites excluding steroid dienone is 4. The van der Waals surface area contributed by atoms with Gasteiger partial charge in [-0.1, -0.05) is 128 Å². The summed E-state index contributed by atoms with van der Waals surface area (Å²) in [5, 5.41) is 9.60. The summed E-state index contributed by atoms with van der Waals surface area (Å²) in [5.41, 5.74) is 0. The zero-order chi connectivity index (χ0) is 38.5. The number of carboxylic acids is 1. The molecule has 304 valence electrons. The molecule has 0 aromatic rings. The molecule has 8 nitrogen and oxygen atoms in total. The molecule has 0 aromatic carbocycles. The summed E-state index contributed by atoms with van der Waals surface area (Å²) < 4.78 is 17.2. The molecule has 0 amide bonds. The molecule has 52 heavy (non-hydrogen) atoms. The van der Waals surface area contributed by atoms with E-state index >= 15 is 0 Å². The number of hydrogen-bond donors (Lipinski definition) is 1. The van der Waals surface area contributed by atoms with Gasteiger partial charge in [-0.2, -0.15) is 0 Å². The highest BCUT2D eigenvalue weighted by molar-refractivity contribution is 5.72. The number of unbranched alkanes of at least 4 members (excludes halogenated alkanes) is 20. The van der Waals surface area contributed by atoms with Crippen LogP contribution in [-0.4, -0.2) is 80.6 Å². The number of esters is 2. The van der Waals surface area contributed by atoms with Crippen LogP contribution in [0.1, 0.15) is 187 Å². The van der Waals surface area contributed by atoms with Crippen molar-refractivity contribution in [1.82, 2.24) is 0 Å². The van der Waals surface area contributed by atoms with Gasteiger partial charge < -0.3 is 23.8 Å². The van der Waals surface area contributed by atoms with Gasteiger partial charge in [-0.15, -0.1) is 0 Å². The minimum Gasteiger partial charge on any atom is -0.477 e. The predicted octanol–water partition coefficient (Wildman–Crippen LogP) is 11.3. The van der Waals surface area contributed by atoms with E-state index in [0.717, 1.165) is 64.2 Å². The predicted molar refractivity (Wildman–Crippen MR) is 215 cm³/mol. The molecule has 0 saturated heterocycles. The van der Waals surface area contributed by atoms with Gasteiger partial charge in [0.2, 0.25) is 0 Å². The molecule has 2 unspecified atom stereocenters. The third-order valence-corrected chi connectivity index (χ3v) is 9.57. The van der Waals surface area contributed by atoms with Crippen molar-refractivity contribution in [3.63, 3.8) is 0 Å². The van der Waals surface area contributed by atoms with Crippen LogP contribution in [0.2, 0.25) is 0 Å². The third-order valence-electron chi connectivity index (χ3n) is 9.57. The Morgan fingerprint density at radius 3 is 1.38 bits per heavy atom. The van der Waals surface area contributed by atoms with Gasteiger partial charge in [0, 0.05) is 19.3 Å². The van der Waals surface area contributed by atoms with E-state index < -0.39 is 18.1 Å². The zero-order valence-corrected chi connectivity index (χ0v) is 34.5. The summed E-state index contributed by atoms with van der Waals surface area (Å²) >= 11 is 0. The number of nitrogens with zero attached hydrogens (tertiary/aromatic N) is 1. The van der Waals surface area contributed by atoms with Gasteiger partial charge in [0.25, 0.3) is 0 Å². The molecule has 0 bridgehead atoms. The molecule has 8 heteroatoms. The molecule has 0 aliphatic carbocycles. The molecule has 0 fully saturated rings. The fourth-order valence-corrected chi connectivity index (χ4v) is 6.20.